The predicted octanol–water partition coefficient (Wildman–Crippen LogP) is 0.610. The standard InChI is InChI=1S/C4H7O.Al.H2P.H/c1-2-3-4-5;;;/h4H,1-3H2;;1H2;/q;+1;-1;. The number of hydrogen-bond acceptors (Lipinski definition) is 1. The highest BCUT2D eigenvalue weighted by Crippen LogP contribution is 1.94. The zero-order valence-corrected chi connectivity index (χ0v) is 6.96. The van der Waals surface area contributed by atoms with Crippen molar-refractivity contribution in [2.75, 3.05) is 0 Å². The van der Waals surface area contributed by atoms with Gasteiger partial charge in [-0.05, 0) is 0 Å². The van der Waals surface area contributed by atoms with Crippen molar-refractivity contribution in [2.45, 2.75) is 18.1 Å². The molecule has 0 amide bonds. The molecule has 0 saturated heterocycles. The minimum atomic E-state index is 0.151. The van der Waals surface area contributed by atoms with Gasteiger partial charge in [0.2, 0.25) is 0 Å². The molecule has 0 bridgehead atoms. The van der Waals surface area contributed by atoms with Gasteiger partial charge in [-0.2, -0.15) is 0 Å². The van der Waals surface area contributed by atoms with E-state index in [-0.39, 0.29) is 14.8 Å². The summed E-state index contributed by atoms with van der Waals surface area (Å²) < 4.78 is 0. The van der Waals surface area contributed by atoms with Gasteiger partial charge in [0.15, 0.2) is 0 Å². The van der Waals surface area contributed by atoms with Gasteiger partial charge in [-0.3, -0.25) is 0 Å². The number of carbonyl (C=O) groups excluding carboxylic acids is 1. The predicted molar refractivity (Wildman–Crippen MR) is 37.0 cm³/mol. The first kappa shape index (κ1) is 7.63. The topological polar surface area (TPSA) is 17.1 Å². The zero-order valence-electron chi connectivity index (χ0n) is 4.39. The van der Waals surface area contributed by atoms with E-state index in [1.165, 1.54) is 5.28 Å². The Morgan fingerprint density at radius 1 is 1.71 bits per heavy atom. The normalized spacial score (nSPS) is 8.14. The molecule has 0 aromatic rings. The minimum absolute atomic E-state index is 0.151. The second-order valence-electron chi connectivity index (χ2n) is 1.45. The first-order valence-corrected chi connectivity index (χ1v) is 6.82. The number of rotatable bonds is 4. The van der Waals surface area contributed by atoms with Crippen molar-refractivity contribution in [3.8, 4) is 0 Å². The van der Waals surface area contributed by atoms with Gasteiger partial charge in [0, 0.05) is 6.42 Å². The second-order valence-corrected chi connectivity index (χ2v) is 4.47. The Labute approximate surface area is 52.4 Å². The molecule has 0 aromatic carbocycles. The molecule has 7 heavy (non-hydrogen) atoms. The molecule has 0 N–H and O–H groups in total. The summed E-state index contributed by atoms with van der Waals surface area (Å²) in [4.78, 5) is 9.69. The van der Waals surface area contributed by atoms with Crippen LogP contribution in [0.25, 0.3) is 0 Å². The summed E-state index contributed by atoms with van der Waals surface area (Å²) in [5, 5.41) is 1.30. The summed E-state index contributed by atoms with van der Waals surface area (Å²) >= 11 is 0.151. The number of aldehydes is 1. The largest absolute Gasteiger partial charge is 0.303 e. The zero-order chi connectivity index (χ0) is 5.54. The Kier molecular flexibility index (Phi) is 7.23. The van der Waals surface area contributed by atoms with Crippen LogP contribution in [0, 0.1) is 0 Å². The summed E-state index contributed by atoms with van der Waals surface area (Å²) in [5.74, 6) is 0. The second kappa shape index (κ2) is 6.63. The summed E-state index contributed by atoms with van der Waals surface area (Å²) in [6, 6.07) is 0. The maximum atomic E-state index is 9.69. The van der Waals surface area contributed by atoms with E-state index in [4.69, 9.17) is 0 Å². The Morgan fingerprint density at radius 2 is 2.43 bits per heavy atom. The van der Waals surface area contributed by atoms with Crippen LogP contribution in [0.1, 0.15) is 12.8 Å². The van der Waals surface area contributed by atoms with Gasteiger partial charge < -0.3 is 4.79 Å². The van der Waals surface area contributed by atoms with Gasteiger partial charge in [0.1, 0.15) is 6.29 Å². The third-order valence-electron chi connectivity index (χ3n) is 0.776. The Hall–Kier alpha value is 0.632. The minimum Gasteiger partial charge on any atom is -0.303 e. The first-order chi connectivity index (χ1) is 3.41. The van der Waals surface area contributed by atoms with Crippen molar-refractivity contribution in [3.05, 3.63) is 0 Å². The van der Waals surface area contributed by atoms with E-state index in [9.17, 15) is 4.79 Å². The third kappa shape index (κ3) is 6.63. The first-order valence-electron chi connectivity index (χ1n) is 2.55. The molecule has 1 unspecified atom stereocenters. The molecule has 0 saturated carbocycles. The van der Waals surface area contributed by atoms with Crippen LogP contribution in [0.2, 0.25) is 5.28 Å². The van der Waals surface area contributed by atoms with Crippen molar-refractivity contribution in [2.24, 2.45) is 0 Å². The quantitative estimate of drug-likeness (QED) is 0.237. The van der Waals surface area contributed by atoms with Crippen LogP contribution >= 0.6 is 7.89 Å². The molecule has 3 heteroatoms. The lowest BCUT2D eigenvalue weighted by atomic mass is 10.4. The van der Waals surface area contributed by atoms with E-state index in [2.05, 4.69) is 7.89 Å². The fourth-order valence-electron chi connectivity index (χ4n) is 0.372. The molecule has 0 heterocycles. The lowest BCUT2D eigenvalue weighted by Crippen LogP contribution is -1.78. The van der Waals surface area contributed by atoms with Gasteiger partial charge in [-0.25, -0.2) is 7.89 Å². The van der Waals surface area contributed by atoms with Crippen molar-refractivity contribution in [3.63, 3.8) is 0 Å². The molecule has 0 radical (unpaired) electrons. The average molecular weight is 132 g/mol. The van der Waals surface area contributed by atoms with Gasteiger partial charge in [-0.1, -0.05) is 11.7 Å². The van der Waals surface area contributed by atoms with Gasteiger partial charge >= 0.3 is 0 Å². The monoisotopic (exact) mass is 132 g/mol. The Balaban J connectivity index is 2.56. The molecule has 1 atom stereocenters. The van der Waals surface area contributed by atoms with Crippen LogP contribution in [0.5, 0.6) is 0 Å². The fraction of sp³-hybridized carbons (Fsp3) is 0.750. The van der Waals surface area contributed by atoms with E-state index in [0.717, 1.165) is 19.1 Å². The average Bonchev–Trinajstić information content (AvgIpc) is 1.69. The Morgan fingerprint density at radius 3 is 2.86 bits per heavy atom. The molecule has 0 aromatic heterocycles. The van der Waals surface area contributed by atoms with E-state index < -0.39 is 0 Å². The van der Waals surface area contributed by atoms with Gasteiger partial charge in [-0.15, -0.1) is 0 Å². The Bertz CT molecular complexity index is 49.0. The SMILES string of the molecule is O=CCC[CH2][AlH][PH2]. The van der Waals surface area contributed by atoms with E-state index in [0.29, 0.717) is 0 Å². The van der Waals surface area contributed by atoms with Crippen molar-refractivity contribution < 1.29 is 4.79 Å². The van der Waals surface area contributed by atoms with Crippen LogP contribution in [-0.4, -0.2) is 21.1 Å². The molecule has 0 aliphatic rings. The lowest BCUT2D eigenvalue weighted by Gasteiger charge is -1.83. The van der Waals surface area contributed by atoms with Crippen molar-refractivity contribution >= 4 is 28.9 Å². The lowest BCUT2D eigenvalue weighted by molar-refractivity contribution is -0.107. The number of hydrogen-bond donors (Lipinski definition) is 0. The fourth-order valence-corrected chi connectivity index (χ4v) is 1.82. The van der Waals surface area contributed by atoms with Crippen LogP contribution in [0.3, 0.4) is 0 Å². The van der Waals surface area contributed by atoms with Crippen LogP contribution in [0.15, 0.2) is 0 Å². The molecular weight excluding hydrogens is 122 g/mol. The van der Waals surface area contributed by atoms with Crippen LogP contribution < -0.4 is 0 Å². The molecule has 0 rings (SSSR count). The van der Waals surface area contributed by atoms with Crippen LogP contribution in [-0.2, 0) is 4.79 Å². The maximum Gasteiger partial charge on any atom is 0.268 e. The molecule has 0 spiro atoms. The molecule has 0 aliphatic heterocycles. The molecule has 0 fully saturated rings. The highest BCUT2D eigenvalue weighted by atomic mass is 31.2. The van der Waals surface area contributed by atoms with E-state index in [1.54, 1.807) is 0 Å². The smallest absolute Gasteiger partial charge is 0.268 e. The van der Waals surface area contributed by atoms with Gasteiger partial charge in [0.25, 0.3) is 14.8 Å². The number of unbranched alkanes of at least 4 members (excludes halogenated alkanes) is 1. The van der Waals surface area contributed by atoms with Gasteiger partial charge in [0.05, 0.1) is 0 Å². The molecule has 0 aliphatic carbocycles. The highest BCUT2D eigenvalue weighted by Gasteiger charge is 1.83. The summed E-state index contributed by atoms with van der Waals surface area (Å²) in [6.45, 7) is 0. The van der Waals surface area contributed by atoms with E-state index in [1.807, 2.05) is 0 Å². The highest BCUT2D eigenvalue weighted by molar-refractivity contribution is 7.55. The molecule has 40 valence electrons. The summed E-state index contributed by atoms with van der Waals surface area (Å²) in [5.41, 5.74) is 0. The maximum absolute atomic E-state index is 9.69. The summed E-state index contributed by atoms with van der Waals surface area (Å²) in [6.07, 6.45) is 2.87. The van der Waals surface area contributed by atoms with E-state index >= 15 is 0 Å². The van der Waals surface area contributed by atoms with Crippen molar-refractivity contribution in [1.29, 1.82) is 0 Å². The summed E-state index contributed by atoms with van der Waals surface area (Å²) in [7, 11) is 2.77. The van der Waals surface area contributed by atoms with Crippen LogP contribution in [0.4, 0.5) is 0 Å². The van der Waals surface area contributed by atoms with Crippen molar-refractivity contribution in [1.82, 2.24) is 0 Å². The molecular formula is C4H10AlOP. The molecule has 1 nitrogen and oxygen atoms in total. The number of carbonyl (C=O) groups is 1. The third-order valence-corrected chi connectivity index (χ3v) is 2.91.